The van der Waals surface area contributed by atoms with Crippen molar-refractivity contribution in [1.29, 1.82) is 0 Å². The second-order valence-electron chi connectivity index (χ2n) is 3.55. The highest BCUT2D eigenvalue weighted by Crippen LogP contribution is 2.21. The van der Waals surface area contributed by atoms with Crippen LogP contribution in [0.4, 0.5) is 0 Å². The Hall–Kier alpha value is 1.84. The summed E-state index contributed by atoms with van der Waals surface area (Å²) in [6, 6.07) is 0. The third-order valence-electron chi connectivity index (χ3n) is 1.90. The zero-order valence-corrected chi connectivity index (χ0v) is 17.9. The lowest BCUT2D eigenvalue weighted by Crippen LogP contribution is -2.10. The number of aliphatic hydroxyl groups is 1. The number of aliphatic hydroxyl groups excluding tert-OH is 1. The van der Waals surface area contributed by atoms with Crippen LogP contribution < -0.4 is 0 Å². The molecule has 0 amide bonds. The van der Waals surface area contributed by atoms with Gasteiger partial charge in [-0.1, -0.05) is 0 Å². The Morgan fingerprint density at radius 1 is 1.09 bits per heavy atom. The maximum absolute atomic E-state index is 11.3. The van der Waals surface area contributed by atoms with Crippen molar-refractivity contribution < 1.29 is 19.2 Å². The molecule has 1 unspecified atom stereocenters. The molecule has 1 N–H and O–H groups in total. The standard InChI is InChI=1S/C11H22O4S7/c12-6-17-2-1-15-11(13)5-19-9-21-10-20-8-18-3-4-22(14)7-16/h12,16H,1-10H2. The number of rotatable bonds is 16. The second kappa shape index (κ2) is 19.2. The molecule has 0 bridgehead atoms. The highest BCUT2D eigenvalue weighted by atomic mass is 32.3. The zero-order valence-electron chi connectivity index (χ0n) is 12.1. The van der Waals surface area contributed by atoms with Gasteiger partial charge in [-0.15, -0.1) is 71.4 Å². The van der Waals surface area contributed by atoms with Crippen LogP contribution in [-0.2, 0) is 20.7 Å². The molecular formula is C11H22O4S7. The summed E-state index contributed by atoms with van der Waals surface area (Å²) in [5.41, 5.74) is 0. The molecule has 0 saturated carbocycles. The second-order valence-corrected chi connectivity index (χ2v) is 12.1. The van der Waals surface area contributed by atoms with Crippen LogP contribution in [-0.4, -0.2) is 71.5 Å². The van der Waals surface area contributed by atoms with Crippen molar-refractivity contribution in [2.24, 2.45) is 0 Å². The van der Waals surface area contributed by atoms with Gasteiger partial charge in [0.15, 0.2) is 0 Å². The first-order valence-corrected chi connectivity index (χ1v) is 14.2. The Labute approximate surface area is 162 Å². The van der Waals surface area contributed by atoms with Crippen LogP contribution >= 0.6 is 71.4 Å². The van der Waals surface area contributed by atoms with E-state index in [1.165, 1.54) is 11.8 Å². The lowest BCUT2D eigenvalue weighted by molar-refractivity contribution is -0.139. The van der Waals surface area contributed by atoms with Gasteiger partial charge >= 0.3 is 5.97 Å². The molecule has 1 atom stereocenters. The fourth-order valence-corrected chi connectivity index (χ4v) is 7.27. The SMILES string of the molecule is O=C(CSCSCSCSCC[S+]([O-])CS)OCCSCO. The van der Waals surface area contributed by atoms with Crippen LogP contribution in [0.25, 0.3) is 0 Å². The van der Waals surface area contributed by atoms with E-state index < -0.39 is 11.2 Å². The molecule has 22 heavy (non-hydrogen) atoms. The van der Waals surface area contributed by atoms with E-state index in [0.717, 1.165) is 26.8 Å². The molecule has 0 saturated heterocycles. The van der Waals surface area contributed by atoms with E-state index in [1.807, 2.05) is 11.8 Å². The van der Waals surface area contributed by atoms with Crippen molar-refractivity contribution in [2.45, 2.75) is 0 Å². The van der Waals surface area contributed by atoms with Gasteiger partial charge in [0.05, 0.1) is 11.7 Å². The number of thioether (sulfide) groups is 5. The molecule has 0 fully saturated rings. The van der Waals surface area contributed by atoms with Gasteiger partial charge in [0.2, 0.25) is 0 Å². The predicted molar refractivity (Wildman–Crippen MR) is 112 cm³/mol. The summed E-state index contributed by atoms with van der Waals surface area (Å²) in [6.07, 6.45) is 0. The van der Waals surface area contributed by atoms with Crippen LogP contribution in [0.5, 0.6) is 0 Å². The fourth-order valence-electron chi connectivity index (χ4n) is 0.966. The molecule has 0 aliphatic rings. The highest BCUT2D eigenvalue weighted by molar-refractivity contribution is 8.26. The van der Waals surface area contributed by atoms with E-state index in [9.17, 15) is 9.35 Å². The van der Waals surface area contributed by atoms with Crippen molar-refractivity contribution in [3.8, 4) is 0 Å². The van der Waals surface area contributed by atoms with Crippen molar-refractivity contribution in [3.05, 3.63) is 0 Å². The van der Waals surface area contributed by atoms with Crippen molar-refractivity contribution in [3.63, 3.8) is 0 Å². The molecule has 0 spiro atoms. The summed E-state index contributed by atoms with van der Waals surface area (Å²) in [5.74, 6) is 2.52. The van der Waals surface area contributed by atoms with E-state index >= 15 is 0 Å². The van der Waals surface area contributed by atoms with Crippen LogP contribution in [0.3, 0.4) is 0 Å². The van der Waals surface area contributed by atoms with Gasteiger partial charge in [0.25, 0.3) is 0 Å². The molecular weight excluding hydrogens is 421 g/mol. The minimum atomic E-state index is -0.779. The molecule has 132 valence electrons. The first-order chi connectivity index (χ1) is 10.7. The molecule has 0 radical (unpaired) electrons. The minimum absolute atomic E-state index is 0.0615. The van der Waals surface area contributed by atoms with Gasteiger partial charge in [0, 0.05) is 26.8 Å². The van der Waals surface area contributed by atoms with Crippen molar-refractivity contribution in [1.82, 2.24) is 0 Å². The summed E-state index contributed by atoms with van der Waals surface area (Å²) in [4.78, 5) is 11.3. The van der Waals surface area contributed by atoms with E-state index in [1.54, 1.807) is 35.3 Å². The maximum Gasteiger partial charge on any atom is 0.315 e. The van der Waals surface area contributed by atoms with Gasteiger partial charge in [0.1, 0.15) is 17.4 Å². The molecule has 0 aromatic rings. The lowest BCUT2D eigenvalue weighted by Gasteiger charge is -2.07. The van der Waals surface area contributed by atoms with Gasteiger partial charge < -0.3 is 14.4 Å². The highest BCUT2D eigenvalue weighted by Gasteiger charge is 2.03. The summed E-state index contributed by atoms with van der Waals surface area (Å²) >= 11 is 11.5. The summed E-state index contributed by atoms with van der Waals surface area (Å²) in [5, 5.41) is 11.9. The number of hydrogen-bond donors (Lipinski definition) is 2. The summed E-state index contributed by atoms with van der Waals surface area (Å²) < 4.78 is 16.1. The third-order valence-corrected chi connectivity index (χ3v) is 9.54. The smallest absolute Gasteiger partial charge is 0.315 e. The zero-order chi connectivity index (χ0) is 16.5. The Kier molecular flexibility index (Phi) is 20.8. The monoisotopic (exact) mass is 442 g/mol. The number of carbonyl (C=O) groups excluding carboxylic acids is 1. The van der Waals surface area contributed by atoms with Crippen LogP contribution in [0.15, 0.2) is 0 Å². The Morgan fingerprint density at radius 2 is 1.77 bits per heavy atom. The number of esters is 1. The molecule has 0 aromatic carbocycles. The van der Waals surface area contributed by atoms with Crippen molar-refractivity contribution in [2.75, 3.05) is 55.9 Å². The Morgan fingerprint density at radius 3 is 2.45 bits per heavy atom. The molecule has 0 aromatic heterocycles. The van der Waals surface area contributed by atoms with Gasteiger partial charge in [-0.3, -0.25) is 4.79 Å². The average Bonchev–Trinajstić information content (AvgIpc) is 2.53. The number of ether oxygens (including phenoxy) is 1. The van der Waals surface area contributed by atoms with Crippen LogP contribution in [0, 0.1) is 0 Å². The number of carbonyl (C=O) groups is 1. The first-order valence-electron chi connectivity index (χ1n) is 6.31. The Balaban J connectivity index is 3.15. The largest absolute Gasteiger partial charge is 0.616 e. The van der Waals surface area contributed by atoms with E-state index in [-0.39, 0.29) is 11.9 Å². The molecule has 0 aliphatic heterocycles. The lowest BCUT2D eigenvalue weighted by atomic mass is 10.8. The molecule has 0 aliphatic carbocycles. The first kappa shape index (κ1) is 23.8. The van der Waals surface area contributed by atoms with E-state index in [2.05, 4.69) is 12.6 Å². The van der Waals surface area contributed by atoms with Crippen LogP contribution in [0.2, 0.25) is 0 Å². The topological polar surface area (TPSA) is 69.6 Å². The van der Waals surface area contributed by atoms with Crippen LogP contribution in [0.1, 0.15) is 0 Å². The molecule has 0 heterocycles. The molecule has 4 nitrogen and oxygen atoms in total. The average molecular weight is 443 g/mol. The quantitative estimate of drug-likeness (QED) is 0.123. The van der Waals surface area contributed by atoms with Gasteiger partial charge in [-0.2, -0.15) is 0 Å². The maximum atomic E-state index is 11.3. The minimum Gasteiger partial charge on any atom is -0.616 e. The number of hydrogen-bond acceptors (Lipinski definition) is 10. The molecule has 11 heteroatoms. The summed E-state index contributed by atoms with van der Waals surface area (Å²) in [7, 11) is 0. The molecule has 0 rings (SSSR count). The Bertz CT molecular complexity index is 261. The van der Waals surface area contributed by atoms with Crippen molar-refractivity contribution >= 4 is 88.6 Å². The normalized spacial score (nSPS) is 12.3. The van der Waals surface area contributed by atoms with Gasteiger partial charge in [-0.25, -0.2) is 0 Å². The fraction of sp³-hybridized carbons (Fsp3) is 0.909. The third kappa shape index (κ3) is 18.2. The number of thiol groups is 1. The van der Waals surface area contributed by atoms with E-state index in [0.29, 0.717) is 23.2 Å². The predicted octanol–water partition coefficient (Wildman–Crippen LogP) is 2.65. The van der Waals surface area contributed by atoms with E-state index in [4.69, 9.17) is 9.84 Å². The van der Waals surface area contributed by atoms with Gasteiger partial charge in [-0.05, 0) is 11.2 Å². The summed E-state index contributed by atoms with van der Waals surface area (Å²) in [6.45, 7) is 0.364.